The van der Waals surface area contributed by atoms with Crippen molar-refractivity contribution in [3.8, 4) is 0 Å². The van der Waals surface area contributed by atoms with Crippen LogP contribution in [0.2, 0.25) is 0 Å². The number of hydrogen-bond acceptors (Lipinski definition) is 7. The number of esters is 1. The van der Waals surface area contributed by atoms with Crippen molar-refractivity contribution in [1.29, 1.82) is 0 Å². The Labute approximate surface area is 118 Å². The number of methoxy groups -OCH3 is 1. The number of nitrogens with one attached hydrogen (secondary N) is 1. The molecule has 0 saturated heterocycles. The number of rotatable bonds is 4. The molecular formula is C12H13N3O4S. The van der Waals surface area contributed by atoms with Crippen LogP contribution in [0.5, 0.6) is 0 Å². The van der Waals surface area contributed by atoms with Gasteiger partial charge >= 0.3 is 5.97 Å². The van der Waals surface area contributed by atoms with Crippen LogP contribution in [-0.4, -0.2) is 29.0 Å². The monoisotopic (exact) mass is 295 g/mol. The summed E-state index contributed by atoms with van der Waals surface area (Å²) in [5.41, 5.74) is 0.834. The van der Waals surface area contributed by atoms with Gasteiger partial charge in [-0.25, -0.2) is 9.78 Å². The molecule has 106 valence electrons. The van der Waals surface area contributed by atoms with Crippen LogP contribution in [0.25, 0.3) is 10.2 Å². The highest BCUT2D eigenvalue weighted by Crippen LogP contribution is 2.33. The van der Waals surface area contributed by atoms with Gasteiger partial charge in [-0.05, 0) is 19.9 Å². The van der Waals surface area contributed by atoms with E-state index in [0.717, 1.165) is 9.71 Å². The lowest BCUT2D eigenvalue weighted by Gasteiger charge is -2.12. The zero-order valence-corrected chi connectivity index (χ0v) is 12.0. The second-order valence-corrected chi connectivity index (χ2v) is 5.45. The zero-order chi connectivity index (χ0) is 14.9. The van der Waals surface area contributed by atoms with Crippen LogP contribution in [0.15, 0.2) is 12.1 Å². The molecule has 2 rings (SSSR count). The Morgan fingerprint density at radius 3 is 2.85 bits per heavy atom. The van der Waals surface area contributed by atoms with E-state index in [0.29, 0.717) is 5.52 Å². The van der Waals surface area contributed by atoms with E-state index in [-0.39, 0.29) is 11.4 Å². The van der Waals surface area contributed by atoms with Gasteiger partial charge in [0.1, 0.15) is 11.7 Å². The number of carbonyl (C=O) groups excluding carboxylic acids is 1. The minimum absolute atomic E-state index is 0.0862. The molecule has 0 radical (unpaired) electrons. The number of nitro benzene ring substituents is 1. The molecule has 0 aliphatic heterocycles. The van der Waals surface area contributed by atoms with Gasteiger partial charge in [0.15, 0.2) is 0 Å². The fraction of sp³-hybridized carbons (Fsp3) is 0.333. The summed E-state index contributed by atoms with van der Waals surface area (Å²) in [6, 6.07) is 2.36. The van der Waals surface area contributed by atoms with E-state index in [4.69, 9.17) is 0 Å². The van der Waals surface area contributed by atoms with E-state index in [1.54, 1.807) is 13.0 Å². The molecule has 7 nitrogen and oxygen atoms in total. The van der Waals surface area contributed by atoms with E-state index in [9.17, 15) is 14.9 Å². The molecule has 1 heterocycles. The lowest BCUT2D eigenvalue weighted by atomic mass is 10.2. The standard InChI is InChI=1S/C12H13N3O4S/c1-6(12(16)19-3)13-8-4-9-11(20-7(2)14-9)5-10(8)15(17)18/h4-6,13H,1-3H3. The molecule has 1 aromatic heterocycles. The van der Waals surface area contributed by atoms with Gasteiger partial charge in [0.2, 0.25) is 0 Å². The summed E-state index contributed by atoms with van der Waals surface area (Å²) in [4.78, 5) is 26.3. The van der Waals surface area contributed by atoms with Crippen molar-refractivity contribution in [1.82, 2.24) is 4.98 Å². The first-order valence-corrected chi connectivity index (χ1v) is 6.64. The molecule has 0 bridgehead atoms. The smallest absolute Gasteiger partial charge is 0.327 e. The first-order chi connectivity index (χ1) is 9.42. The molecule has 8 heteroatoms. The van der Waals surface area contributed by atoms with E-state index in [1.165, 1.54) is 24.5 Å². The third-order valence-electron chi connectivity index (χ3n) is 2.74. The maximum atomic E-state index is 11.4. The second kappa shape index (κ2) is 5.41. The maximum Gasteiger partial charge on any atom is 0.327 e. The normalized spacial score (nSPS) is 12.2. The number of ether oxygens (including phenoxy) is 1. The largest absolute Gasteiger partial charge is 0.467 e. The van der Waals surface area contributed by atoms with Gasteiger partial charge in [-0.15, -0.1) is 11.3 Å². The van der Waals surface area contributed by atoms with Gasteiger partial charge in [-0.3, -0.25) is 10.1 Å². The number of benzene rings is 1. The van der Waals surface area contributed by atoms with Crippen molar-refractivity contribution in [3.05, 3.63) is 27.3 Å². The number of hydrogen-bond donors (Lipinski definition) is 1. The zero-order valence-electron chi connectivity index (χ0n) is 11.2. The summed E-state index contributed by atoms with van der Waals surface area (Å²) in [6.45, 7) is 3.41. The summed E-state index contributed by atoms with van der Waals surface area (Å²) in [6.07, 6.45) is 0. The molecule has 0 aliphatic rings. The van der Waals surface area contributed by atoms with Crippen LogP contribution in [0.3, 0.4) is 0 Å². The van der Waals surface area contributed by atoms with Crippen LogP contribution in [0.4, 0.5) is 11.4 Å². The number of anilines is 1. The summed E-state index contributed by atoms with van der Waals surface area (Å²) in [7, 11) is 1.27. The molecule has 2 aromatic rings. The minimum atomic E-state index is -0.684. The Kier molecular flexibility index (Phi) is 3.84. The number of thiazole rings is 1. The Morgan fingerprint density at radius 1 is 1.55 bits per heavy atom. The van der Waals surface area contributed by atoms with Crippen molar-refractivity contribution in [3.63, 3.8) is 0 Å². The van der Waals surface area contributed by atoms with Crippen molar-refractivity contribution in [2.24, 2.45) is 0 Å². The van der Waals surface area contributed by atoms with Gasteiger partial charge in [0, 0.05) is 6.07 Å². The average Bonchev–Trinajstić information content (AvgIpc) is 2.75. The summed E-state index contributed by atoms with van der Waals surface area (Å²) in [5, 5.41) is 14.7. The molecule has 0 spiro atoms. The number of nitro groups is 1. The van der Waals surface area contributed by atoms with Crippen molar-refractivity contribution >= 4 is 38.9 Å². The van der Waals surface area contributed by atoms with Gasteiger partial charge < -0.3 is 10.1 Å². The maximum absolute atomic E-state index is 11.4. The Bertz CT molecular complexity index is 683. The van der Waals surface area contributed by atoms with Crippen LogP contribution >= 0.6 is 11.3 Å². The van der Waals surface area contributed by atoms with Gasteiger partial charge in [-0.1, -0.05) is 0 Å². The summed E-state index contributed by atoms with van der Waals surface area (Å²) in [5.74, 6) is -0.492. The molecule has 1 atom stereocenters. The van der Waals surface area contributed by atoms with E-state index in [2.05, 4.69) is 15.0 Å². The van der Waals surface area contributed by atoms with E-state index >= 15 is 0 Å². The highest BCUT2D eigenvalue weighted by molar-refractivity contribution is 7.18. The minimum Gasteiger partial charge on any atom is -0.467 e. The number of fused-ring (bicyclic) bond motifs is 1. The Balaban J connectivity index is 2.46. The highest BCUT2D eigenvalue weighted by atomic mass is 32.1. The number of aromatic nitrogens is 1. The van der Waals surface area contributed by atoms with Crippen LogP contribution in [0, 0.1) is 17.0 Å². The molecule has 0 amide bonds. The first-order valence-electron chi connectivity index (χ1n) is 5.82. The lowest BCUT2D eigenvalue weighted by Crippen LogP contribution is -2.27. The predicted octanol–water partition coefficient (Wildman–Crippen LogP) is 2.49. The third-order valence-corrected chi connectivity index (χ3v) is 3.67. The number of nitrogens with zero attached hydrogens (tertiary/aromatic N) is 2. The van der Waals surface area contributed by atoms with Gasteiger partial charge in [0.25, 0.3) is 5.69 Å². The van der Waals surface area contributed by atoms with Gasteiger partial charge in [-0.2, -0.15) is 0 Å². The Morgan fingerprint density at radius 2 is 2.25 bits per heavy atom. The predicted molar refractivity (Wildman–Crippen MR) is 76.1 cm³/mol. The quantitative estimate of drug-likeness (QED) is 0.529. The third kappa shape index (κ3) is 2.69. The summed E-state index contributed by atoms with van der Waals surface area (Å²) < 4.78 is 5.33. The van der Waals surface area contributed by atoms with Crippen LogP contribution in [-0.2, 0) is 9.53 Å². The second-order valence-electron chi connectivity index (χ2n) is 4.22. The van der Waals surface area contributed by atoms with Crippen LogP contribution < -0.4 is 5.32 Å². The molecule has 0 aliphatic carbocycles. The van der Waals surface area contributed by atoms with E-state index in [1.807, 2.05) is 6.92 Å². The highest BCUT2D eigenvalue weighted by Gasteiger charge is 2.21. The van der Waals surface area contributed by atoms with Crippen molar-refractivity contribution < 1.29 is 14.5 Å². The molecular weight excluding hydrogens is 282 g/mol. The number of aryl methyl sites for hydroxylation is 1. The SMILES string of the molecule is COC(=O)C(C)Nc1cc2nc(C)sc2cc1[N+](=O)[O-]. The average molecular weight is 295 g/mol. The molecule has 20 heavy (non-hydrogen) atoms. The topological polar surface area (TPSA) is 94.4 Å². The van der Waals surface area contributed by atoms with Crippen molar-refractivity contribution in [2.45, 2.75) is 19.9 Å². The van der Waals surface area contributed by atoms with E-state index < -0.39 is 16.9 Å². The number of carbonyl (C=O) groups is 1. The fourth-order valence-electron chi connectivity index (χ4n) is 1.81. The molecule has 1 unspecified atom stereocenters. The molecule has 1 N–H and O–H groups in total. The molecule has 0 saturated carbocycles. The Hall–Kier alpha value is -2.22. The van der Waals surface area contributed by atoms with Crippen molar-refractivity contribution in [2.75, 3.05) is 12.4 Å². The summed E-state index contributed by atoms with van der Waals surface area (Å²) >= 11 is 1.39. The lowest BCUT2D eigenvalue weighted by molar-refractivity contribution is -0.383. The van der Waals surface area contributed by atoms with Gasteiger partial charge in [0.05, 0.1) is 27.3 Å². The first kappa shape index (κ1) is 14.2. The molecule has 0 fully saturated rings. The molecule has 1 aromatic carbocycles. The fourth-order valence-corrected chi connectivity index (χ4v) is 2.66. The van der Waals surface area contributed by atoms with Crippen LogP contribution in [0.1, 0.15) is 11.9 Å².